The summed E-state index contributed by atoms with van der Waals surface area (Å²) in [6.45, 7) is 1.89. The van der Waals surface area contributed by atoms with E-state index in [0.717, 1.165) is 12.2 Å². The Kier molecular flexibility index (Phi) is 11.9. The molecule has 6 heteroatoms. The Bertz CT molecular complexity index is 202. The smallest absolute Gasteiger partial charge is 0.326 e. The van der Waals surface area contributed by atoms with Crippen LogP contribution in [-0.4, -0.2) is 35.0 Å². The summed E-state index contributed by atoms with van der Waals surface area (Å²) in [7, 11) is 0. The van der Waals surface area contributed by atoms with E-state index in [1.807, 2.05) is 13.2 Å². The third kappa shape index (κ3) is 8.78. The number of amides is 1. The Labute approximate surface area is 105 Å². The maximum atomic E-state index is 11.1. The molecule has 0 aromatic rings. The number of carbonyl (C=O) groups excluding carboxylic acids is 1. The number of hydrogen-bond acceptors (Lipinski definition) is 3. The molecule has 0 heterocycles. The van der Waals surface area contributed by atoms with Crippen LogP contribution >= 0.6 is 11.8 Å². The Morgan fingerprint density at radius 3 is 2.47 bits per heavy atom. The maximum absolute atomic E-state index is 11.1. The van der Waals surface area contributed by atoms with Gasteiger partial charge in [-0.05, 0) is 24.9 Å². The van der Waals surface area contributed by atoms with Gasteiger partial charge in [0.05, 0.1) is 0 Å². The first kappa shape index (κ1) is 17.2. The molecule has 0 aromatic carbocycles. The average molecular weight is 283 g/mol. The second-order valence-corrected chi connectivity index (χ2v) is 3.98. The summed E-state index contributed by atoms with van der Waals surface area (Å²) in [6, 6.07) is -0.735. The molecule has 0 rings (SSSR count). The first-order valence-corrected chi connectivity index (χ1v) is 6.02. The van der Waals surface area contributed by atoms with Gasteiger partial charge in [-0.1, -0.05) is 6.92 Å². The molecule has 0 aliphatic heterocycles. The number of aliphatic carboxylic acids is 1. The van der Waals surface area contributed by atoms with Crippen LogP contribution in [0.3, 0.4) is 0 Å². The molecule has 4 nitrogen and oxygen atoms in total. The quantitative estimate of drug-likeness (QED) is 0.687. The van der Waals surface area contributed by atoms with Crippen molar-refractivity contribution in [3.05, 3.63) is 0 Å². The molecule has 0 spiro atoms. The predicted molar refractivity (Wildman–Crippen MR) is 57.5 cm³/mol. The summed E-state index contributed by atoms with van der Waals surface area (Å²) >= 11 is 1.57. The van der Waals surface area contributed by atoms with Gasteiger partial charge in [0.1, 0.15) is 6.04 Å². The van der Waals surface area contributed by atoms with E-state index in [4.69, 9.17) is 5.11 Å². The van der Waals surface area contributed by atoms with Gasteiger partial charge in [-0.2, -0.15) is 11.8 Å². The first-order chi connectivity index (χ1) is 6.61. The van der Waals surface area contributed by atoms with Gasteiger partial charge in [0.25, 0.3) is 0 Å². The number of carboxylic acid groups (broad SMARTS) is 1. The van der Waals surface area contributed by atoms with Crippen LogP contribution in [-0.2, 0) is 26.7 Å². The van der Waals surface area contributed by atoms with Crippen LogP contribution in [0, 0.1) is 0 Å². The summed E-state index contributed by atoms with van der Waals surface area (Å²) in [5.74, 6) is -0.395. The van der Waals surface area contributed by atoms with Gasteiger partial charge in [-0.3, -0.25) is 4.79 Å². The minimum absolute atomic E-state index is 0. The Morgan fingerprint density at radius 1 is 1.47 bits per heavy atom. The van der Waals surface area contributed by atoms with E-state index in [2.05, 4.69) is 5.32 Å². The number of rotatable bonds is 7. The summed E-state index contributed by atoms with van der Waals surface area (Å²) in [5.41, 5.74) is 0. The topological polar surface area (TPSA) is 66.4 Å². The molecule has 0 unspecified atom stereocenters. The molecule has 0 aliphatic rings. The molecule has 1 radical (unpaired) electrons. The Hall–Kier alpha value is -0.191. The molecular weight excluding hydrogens is 266 g/mol. The number of hydrogen-bond donors (Lipinski definition) is 2. The van der Waals surface area contributed by atoms with Crippen LogP contribution in [0.25, 0.3) is 0 Å². The Balaban J connectivity index is 0. The Morgan fingerprint density at radius 2 is 2.07 bits per heavy atom. The van der Waals surface area contributed by atoms with Gasteiger partial charge in [0, 0.05) is 23.5 Å². The SMILES string of the molecule is CCCC(=O)N[C@@H](CCSC)C(=O)O.[Cu]. The van der Waals surface area contributed by atoms with Crippen molar-refractivity contribution < 1.29 is 31.8 Å². The van der Waals surface area contributed by atoms with Crippen molar-refractivity contribution in [2.45, 2.75) is 32.2 Å². The first-order valence-electron chi connectivity index (χ1n) is 4.63. The normalized spacial score (nSPS) is 11.3. The second-order valence-electron chi connectivity index (χ2n) is 2.99. The standard InChI is InChI=1S/C9H17NO3S.Cu/c1-3-4-8(11)10-7(9(12)13)5-6-14-2;/h7H,3-6H2,1-2H3,(H,10,11)(H,12,13);/t7-;/m0./s1. The van der Waals surface area contributed by atoms with E-state index in [1.165, 1.54) is 0 Å². The molecule has 2 N–H and O–H groups in total. The van der Waals surface area contributed by atoms with Crippen molar-refractivity contribution in [2.75, 3.05) is 12.0 Å². The van der Waals surface area contributed by atoms with Crippen LogP contribution in [0.4, 0.5) is 0 Å². The average Bonchev–Trinajstić information content (AvgIpc) is 2.12. The monoisotopic (exact) mass is 282 g/mol. The number of carbonyl (C=O) groups is 2. The predicted octanol–water partition coefficient (Wildman–Crippen LogP) is 1.11. The van der Waals surface area contributed by atoms with Crippen molar-refractivity contribution in [3.63, 3.8) is 0 Å². The van der Waals surface area contributed by atoms with Crippen molar-refractivity contribution in [2.24, 2.45) is 0 Å². The molecular formula is C9H17CuNO3S. The van der Waals surface area contributed by atoms with E-state index in [-0.39, 0.29) is 23.0 Å². The molecule has 0 aliphatic carbocycles. The summed E-state index contributed by atoms with van der Waals surface area (Å²) in [4.78, 5) is 21.9. The molecule has 0 aromatic heterocycles. The van der Waals surface area contributed by atoms with Crippen LogP contribution in [0.5, 0.6) is 0 Å². The molecule has 0 saturated heterocycles. The molecule has 1 atom stereocenters. The van der Waals surface area contributed by atoms with Crippen molar-refractivity contribution >= 4 is 23.6 Å². The number of carboxylic acids is 1. The zero-order valence-corrected chi connectivity index (χ0v) is 10.6. The van der Waals surface area contributed by atoms with Crippen LogP contribution in [0.2, 0.25) is 0 Å². The minimum atomic E-state index is -0.955. The van der Waals surface area contributed by atoms with Crippen LogP contribution < -0.4 is 5.32 Å². The third-order valence-electron chi connectivity index (χ3n) is 1.72. The molecule has 0 saturated carbocycles. The molecule has 93 valence electrons. The van der Waals surface area contributed by atoms with Gasteiger partial charge in [-0.25, -0.2) is 4.79 Å². The zero-order chi connectivity index (χ0) is 11.0. The van der Waals surface area contributed by atoms with Gasteiger partial charge < -0.3 is 10.4 Å². The van der Waals surface area contributed by atoms with Crippen molar-refractivity contribution in [1.82, 2.24) is 5.32 Å². The van der Waals surface area contributed by atoms with Gasteiger partial charge in [0.2, 0.25) is 5.91 Å². The van der Waals surface area contributed by atoms with E-state index in [0.29, 0.717) is 12.8 Å². The van der Waals surface area contributed by atoms with Gasteiger partial charge in [-0.15, -0.1) is 0 Å². The minimum Gasteiger partial charge on any atom is -0.480 e. The number of thioether (sulfide) groups is 1. The van der Waals surface area contributed by atoms with E-state index in [1.54, 1.807) is 11.8 Å². The fourth-order valence-corrected chi connectivity index (χ4v) is 1.46. The van der Waals surface area contributed by atoms with E-state index in [9.17, 15) is 9.59 Å². The fourth-order valence-electron chi connectivity index (χ4n) is 0.987. The largest absolute Gasteiger partial charge is 0.480 e. The molecule has 15 heavy (non-hydrogen) atoms. The van der Waals surface area contributed by atoms with Crippen molar-refractivity contribution in [1.29, 1.82) is 0 Å². The summed E-state index contributed by atoms with van der Waals surface area (Å²) in [5, 5.41) is 11.3. The summed E-state index contributed by atoms with van der Waals surface area (Å²) < 4.78 is 0. The zero-order valence-electron chi connectivity index (χ0n) is 8.88. The molecule has 0 fully saturated rings. The molecule has 1 amide bonds. The third-order valence-corrected chi connectivity index (χ3v) is 2.36. The van der Waals surface area contributed by atoms with Crippen molar-refractivity contribution in [3.8, 4) is 0 Å². The van der Waals surface area contributed by atoms with Gasteiger partial charge in [0.15, 0.2) is 0 Å². The summed E-state index contributed by atoms with van der Waals surface area (Å²) in [6.07, 6.45) is 3.52. The molecule has 0 bridgehead atoms. The van der Waals surface area contributed by atoms with Gasteiger partial charge >= 0.3 is 5.97 Å². The van der Waals surface area contributed by atoms with Crippen LogP contribution in [0.1, 0.15) is 26.2 Å². The van der Waals surface area contributed by atoms with E-state index < -0.39 is 12.0 Å². The van der Waals surface area contributed by atoms with E-state index >= 15 is 0 Å². The second kappa shape index (κ2) is 10.3. The fraction of sp³-hybridized carbons (Fsp3) is 0.778. The van der Waals surface area contributed by atoms with Crippen LogP contribution in [0.15, 0.2) is 0 Å². The number of nitrogens with one attached hydrogen (secondary N) is 1. The maximum Gasteiger partial charge on any atom is 0.326 e.